The summed E-state index contributed by atoms with van der Waals surface area (Å²) < 4.78 is 31.7. The molecule has 11 heteroatoms. The highest BCUT2D eigenvalue weighted by Gasteiger charge is 2.39. The molecule has 0 bridgehead atoms. The average Bonchev–Trinajstić information content (AvgIpc) is 3.75. The Morgan fingerprint density at radius 2 is 1.93 bits per heavy atom. The van der Waals surface area contributed by atoms with Crippen molar-refractivity contribution in [3.63, 3.8) is 0 Å². The summed E-state index contributed by atoms with van der Waals surface area (Å²) in [6.07, 6.45) is 6.99. The molecule has 10 nitrogen and oxygen atoms in total. The van der Waals surface area contributed by atoms with Crippen molar-refractivity contribution < 1.29 is 18.3 Å². The maximum atomic E-state index is 14.1. The number of carboxylic acid groups (broad SMARTS) is 1. The average molecular weight is 615 g/mol. The molecular formula is C33H38N6O4S. The quantitative estimate of drug-likeness (QED) is 0.294. The molecule has 1 N–H and O–H groups in total. The van der Waals surface area contributed by atoms with Crippen LogP contribution >= 0.6 is 0 Å². The smallest absolute Gasteiger partial charge is 0.304 e. The van der Waals surface area contributed by atoms with Gasteiger partial charge in [0.1, 0.15) is 16.2 Å². The van der Waals surface area contributed by atoms with Gasteiger partial charge in [-0.3, -0.25) is 4.79 Å². The van der Waals surface area contributed by atoms with Crippen LogP contribution in [0.2, 0.25) is 0 Å². The monoisotopic (exact) mass is 614 g/mol. The maximum Gasteiger partial charge on any atom is 0.304 e. The number of sulfonamides is 1. The molecule has 0 unspecified atom stereocenters. The van der Waals surface area contributed by atoms with Gasteiger partial charge in [-0.25, -0.2) is 18.1 Å². The molecule has 230 valence electrons. The van der Waals surface area contributed by atoms with Crippen LogP contribution in [0.4, 0.5) is 5.82 Å². The Balaban J connectivity index is 1.25. The van der Waals surface area contributed by atoms with Crippen LogP contribution in [-0.2, 0) is 27.9 Å². The minimum absolute atomic E-state index is 0.0561. The number of anilines is 1. The third kappa shape index (κ3) is 5.26. The number of aliphatic carboxylic acids is 1. The Morgan fingerprint density at radius 3 is 2.73 bits per heavy atom. The summed E-state index contributed by atoms with van der Waals surface area (Å²) >= 11 is 0. The number of benzene rings is 2. The second-order valence-electron chi connectivity index (χ2n) is 12.7. The van der Waals surface area contributed by atoms with Gasteiger partial charge in [-0.15, -0.1) is 5.10 Å². The van der Waals surface area contributed by atoms with Crippen molar-refractivity contribution in [3.05, 3.63) is 76.5 Å². The lowest BCUT2D eigenvalue weighted by Gasteiger charge is -2.36. The van der Waals surface area contributed by atoms with Gasteiger partial charge in [-0.2, -0.15) is 4.31 Å². The number of hydrogen-bond acceptors (Lipinski definition) is 7. The highest BCUT2D eigenvalue weighted by molar-refractivity contribution is 7.89. The van der Waals surface area contributed by atoms with E-state index < -0.39 is 21.9 Å². The Morgan fingerprint density at radius 1 is 1.09 bits per heavy atom. The molecule has 2 fully saturated rings. The molecule has 44 heavy (non-hydrogen) atoms. The second kappa shape index (κ2) is 11.3. The molecule has 1 aliphatic carbocycles. The van der Waals surface area contributed by atoms with E-state index in [0.29, 0.717) is 18.3 Å². The van der Waals surface area contributed by atoms with Gasteiger partial charge in [-0.05, 0) is 97.9 Å². The predicted octanol–water partition coefficient (Wildman–Crippen LogP) is 5.02. The van der Waals surface area contributed by atoms with Crippen LogP contribution < -0.4 is 4.90 Å². The van der Waals surface area contributed by atoms with Crippen molar-refractivity contribution in [2.45, 2.75) is 82.3 Å². The standard InChI is InChI=1S/C33H38N6O4S/c1-21-8-11-24(28(17-31(40)41)27-12-13-29-32(22(27)2)35-36-39(29)18-23-9-10-23)16-25(21)19-37-20-26-6-3-4-15-38(26)33-30(44(37,42)43)7-5-14-34-33/h5,7-8,11-14,16,23,26,28H,3-4,6,9-10,15,17-20H2,1-2H3,(H,40,41)/t26-,28+/m0/s1. The summed E-state index contributed by atoms with van der Waals surface area (Å²) in [5, 5.41) is 18.9. The van der Waals surface area contributed by atoms with E-state index in [0.717, 1.165) is 71.2 Å². The van der Waals surface area contributed by atoms with Crippen molar-refractivity contribution in [3.8, 4) is 0 Å². The van der Waals surface area contributed by atoms with Crippen molar-refractivity contribution in [1.29, 1.82) is 0 Å². The molecule has 3 aliphatic rings. The first-order valence-corrected chi connectivity index (χ1v) is 17.0. The summed E-state index contributed by atoms with van der Waals surface area (Å²) in [7, 11) is -3.81. The number of aryl methyl sites for hydroxylation is 2. The van der Waals surface area contributed by atoms with E-state index in [1.807, 2.05) is 48.9 Å². The molecule has 0 amide bonds. The Hall–Kier alpha value is -3.83. The molecule has 0 radical (unpaired) electrons. The number of carboxylic acids is 1. The molecular weight excluding hydrogens is 576 g/mol. The van der Waals surface area contributed by atoms with Gasteiger partial charge in [0.2, 0.25) is 10.0 Å². The van der Waals surface area contributed by atoms with Crippen LogP contribution in [0.25, 0.3) is 11.0 Å². The highest BCUT2D eigenvalue weighted by atomic mass is 32.2. The molecule has 1 saturated heterocycles. The lowest BCUT2D eigenvalue weighted by atomic mass is 9.84. The van der Waals surface area contributed by atoms with E-state index in [2.05, 4.69) is 20.2 Å². The van der Waals surface area contributed by atoms with Crippen LogP contribution in [0.5, 0.6) is 0 Å². The zero-order chi connectivity index (χ0) is 30.6. The minimum atomic E-state index is -3.81. The molecule has 1 saturated carbocycles. The number of hydrogen-bond donors (Lipinski definition) is 1. The minimum Gasteiger partial charge on any atom is -0.481 e. The Labute approximate surface area is 257 Å². The van der Waals surface area contributed by atoms with Crippen LogP contribution in [0.3, 0.4) is 0 Å². The molecule has 0 spiro atoms. The SMILES string of the molecule is Cc1ccc([C@@H](CC(=O)O)c2ccc3c(nnn3CC3CC3)c2C)cc1CN1C[C@@H]2CCCCN2c2ncccc2S1(=O)=O. The van der Waals surface area contributed by atoms with Crippen molar-refractivity contribution >= 4 is 32.8 Å². The lowest BCUT2D eigenvalue weighted by molar-refractivity contribution is -0.137. The molecule has 7 rings (SSSR count). The fourth-order valence-electron chi connectivity index (χ4n) is 6.98. The fraction of sp³-hybridized carbons (Fsp3) is 0.455. The summed E-state index contributed by atoms with van der Waals surface area (Å²) in [5.74, 6) is -0.119. The second-order valence-corrected chi connectivity index (χ2v) is 14.6. The maximum absolute atomic E-state index is 14.1. The molecule has 2 aromatic heterocycles. The first kappa shape index (κ1) is 28.9. The number of piperidine rings is 1. The van der Waals surface area contributed by atoms with E-state index in [1.165, 1.54) is 12.8 Å². The van der Waals surface area contributed by atoms with Crippen molar-refractivity contribution in [2.75, 3.05) is 18.0 Å². The van der Waals surface area contributed by atoms with Gasteiger partial charge < -0.3 is 10.0 Å². The van der Waals surface area contributed by atoms with Gasteiger partial charge in [0, 0.05) is 44.3 Å². The van der Waals surface area contributed by atoms with Crippen LogP contribution in [0.1, 0.15) is 72.3 Å². The van der Waals surface area contributed by atoms with Crippen LogP contribution in [0.15, 0.2) is 53.6 Å². The molecule has 2 atom stereocenters. The predicted molar refractivity (Wildman–Crippen MR) is 167 cm³/mol. The molecule has 4 aromatic rings. The third-order valence-electron chi connectivity index (χ3n) is 9.67. The van der Waals surface area contributed by atoms with Crippen molar-refractivity contribution in [1.82, 2.24) is 24.3 Å². The van der Waals surface area contributed by atoms with E-state index in [-0.39, 0.29) is 23.9 Å². The number of pyridine rings is 1. The van der Waals surface area contributed by atoms with E-state index in [1.54, 1.807) is 22.6 Å². The first-order valence-electron chi connectivity index (χ1n) is 15.6. The number of rotatable bonds is 8. The molecule has 4 heterocycles. The van der Waals surface area contributed by atoms with E-state index in [4.69, 9.17) is 0 Å². The zero-order valence-electron chi connectivity index (χ0n) is 25.2. The summed E-state index contributed by atoms with van der Waals surface area (Å²) in [4.78, 5) is 19.1. The van der Waals surface area contributed by atoms with Crippen LogP contribution in [-0.4, -0.2) is 62.9 Å². The van der Waals surface area contributed by atoms with Crippen molar-refractivity contribution in [2.24, 2.45) is 5.92 Å². The van der Waals surface area contributed by atoms with Gasteiger partial charge in [0.15, 0.2) is 0 Å². The highest BCUT2D eigenvalue weighted by Crippen LogP contribution is 2.38. The van der Waals surface area contributed by atoms with Gasteiger partial charge >= 0.3 is 5.97 Å². The lowest BCUT2D eigenvalue weighted by Crippen LogP contribution is -2.45. The van der Waals surface area contributed by atoms with Crippen LogP contribution in [0, 0.1) is 19.8 Å². The van der Waals surface area contributed by atoms with Gasteiger partial charge in [-0.1, -0.05) is 29.5 Å². The fourth-order valence-corrected chi connectivity index (χ4v) is 8.59. The first-order chi connectivity index (χ1) is 21.2. The molecule has 2 aromatic carbocycles. The summed E-state index contributed by atoms with van der Waals surface area (Å²) in [6, 6.07) is 13.4. The largest absolute Gasteiger partial charge is 0.481 e. The topological polar surface area (TPSA) is 122 Å². The van der Waals surface area contributed by atoms with Gasteiger partial charge in [0.25, 0.3) is 0 Å². The van der Waals surface area contributed by atoms with E-state index >= 15 is 0 Å². The van der Waals surface area contributed by atoms with Gasteiger partial charge in [0.05, 0.1) is 11.9 Å². The summed E-state index contributed by atoms with van der Waals surface area (Å²) in [5.41, 5.74) is 6.26. The number of fused-ring (bicyclic) bond motifs is 4. The number of aromatic nitrogens is 4. The third-order valence-corrected chi connectivity index (χ3v) is 11.5. The Kier molecular flexibility index (Phi) is 7.40. The zero-order valence-corrected chi connectivity index (χ0v) is 26.0. The normalized spacial score (nSPS) is 20.6. The van der Waals surface area contributed by atoms with E-state index in [9.17, 15) is 18.3 Å². The molecule has 2 aliphatic heterocycles. The summed E-state index contributed by atoms with van der Waals surface area (Å²) in [6.45, 7) is 6.20. The number of carbonyl (C=O) groups is 1. The number of nitrogens with zero attached hydrogens (tertiary/aromatic N) is 6. The Bertz CT molecular complexity index is 1850.